The van der Waals surface area contributed by atoms with Gasteiger partial charge < -0.3 is 0 Å². The molecule has 1 saturated carbocycles. The van der Waals surface area contributed by atoms with E-state index in [1.807, 2.05) is 0 Å². The second-order valence-electron chi connectivity index (χ2n) is 4.84. The molecule has 19 heavy (non-hydrogen) atoms. The number of halogens is 2. The van der Waals surface area contributed by atoms with Crippen molar-refractivity contribution in [2.45, 2.75) is 41.4 Å². The van der Waals surface area contributed by atoms with Gasteiger partial charge >= 0.3 is 0 Å². The van der Waals surface area contributed by atoms with Crippen molar-refractivity contribution >= 4 is 37.6 Å². The zero-order valence-corrected chi connectivity index (χ0v) is 13.9. The highest BCUT2D eigenvalue weighted by Crippen LogP contribution is 2.31. The van der Waals surface area contributed by atoms with Crippen molar-refractivity contribution in [1.82, 2.24) is 4.31 Å². The molecule has 1 fully saturated rings. The molecule has 106 valence electrons. The van der Waals surface area contributed by atoms with Crippen LogP contribution >= 0.6 is 27.5 Å². The molecule has 0 aliphatic heterocycles. The highest BCUT2D eigenvalue weighted by Gasteiger charge is 2.33. The summed E-state index contributed by atoms with van der Waals surface area (Å²) >= 11 is 9.40. The molecule has 0 N–H and O–H groups in total. The van der Waals surface area contributed by atoms with Crippen molar-refractivity contribution < 1.29 is 8.42 Å². The third-order valence-electron chi connectivity index (χ3n) is 3.60. The van der Waals surface area contributed by atoms with Gasteiger partial charge in [0.25, 0.3) is 0 Å². The van der Waals surface area contributed by atoms with Gasteiger partial charge in [0.2, 0.25) is 10.0 Å². The molecule has 0 amide bonds. The van der Waals surface area contributed by atoms with Gasteiger partial charge in [0.05, 0.1) is 4.90 Å². The Hall–Kier alpha value is -0.100. The summed E-state index contributed by atoms with van der Waals surface area (Å²) in [6.45, 7) is 0. The second kappa shape index (κ2) is 6.12. The minimum absolute atomic E-state index is 0.0226. The Bertz CT molecular complexity index is 532. The zero-order valence-electron chi connectivity index (χ0n) is 10.7. The number of alkyl halides is 1. The topological polar surface area (TPSA) is 37.4 Å². The molecule has 1 aliphatic rings. The van der Waals surface area contributed by atoms with E-state index < -0.39 is 10.0 Å². The van der Waals surface area contributed by atoms with Crippen LogP contribution in [0, 0.1) is 0 Å². The number of hydrogen-bond acceptors (Lipinski definition) is 2. The van der Waals surface area contributed by atoms with Gasteiger partial charge in [0.1, 0.15) is 0 Å². The van der Waals surface area contributed by atoms with E-state index in [1.54, 1.807) is 31.3 Å². The Morgan fingerprint density at radius 2 is 1.79 bits per heavy atom. The van der Waals surface area contributed by atoms with Crippen molar-refractivity contribution in [3.05, 3.63) is 29.3 Å². The van der Waals surface area contributed by atoms with E-state index >= 15 is 0 Å². The lowest BCUT2D eigenvalue weighted by Crippen LogP contribution is -2.43. The fraction of sp³-hybridized carbons (Fsp3) is 0.538. The third kappa shape index (κ3) is 3.32. The van der Waals surface area contributed by atoms with E-state index in [0.717, 1.165) is 25.7 Å². The van der Waals surface area contributed by atoms with Crippen LogP contribution in [0.1, 0.15) is 25.7 Å². The number of nitrogens with zero attached hydrogens (tertiary/aromatic N) is 1. The second-order valence-corrected chi connectivity index (χ2v) is 8.45. The van der Waals surface area contributed by atoms with Gasteiger partial charge in [0.15, 0.2) is 0 Å². The van der Waals surface area contributed by atoms with Crippen LogP contribution in [0.25, 0.3) is 0 Å². The summed E-state index contributed by atoms with van der Waals surface area (Å²) < 4.78 is 26.6. The average molecular weight is 367 g/mol. The predicted molar refractivity (Wildman–Crippen MR) is 81.4 cm³/mol. The lowest BCUT2D eigenvalue weighted by molar-refractivity contribution is 0.297. The Morgan fingerprint density at radius 3 is 2.37 bits per heavy atom. The molecule has 2 atom stereocenters. The SMILES string of the molecule is CN(C1CCCCC1Br)S(=O)(=O)c1ccc(Cl)cc1. The van der Waals surface area contributed by atoms with Crippen molar-refractivity contribution in [3.8, 4) is 0 Å². The largest absolute Gasteiger partial charge is 0.243 e. The number of benzene rings is 1. The maximum absolute atomic E-state index is 12.6. The fourth-order valence-corrected chi connectivity index (χ4v) is 5.07. The molecule has 3 nitrogen and oxygen atoms in total. The fourth-order valence-electron chi connectivity index (χ4n) is 2.43. The number of rotatable bonds is 3. The van der Waals surface area contributed by atoms with E-state index in [9.17, 15) is 8.42 Å². The van der Waals surface area contributed by atoms with Crippen molar-refractivity contribution in [1.29, 1.82) is 0 Å². The summed E-state index contributed by atoms with van der Waals surface area (Å²) in [6.07, 6.45) is 4.15. The van der Waals surface area contributed by atoms with Gasteiger partial charge in [-0.05, 0) is 37.1 Å². The van der Waals surface area contributed by atoms with E-state index in [1.165, 1.54) is 4.31 Å². The molecule has 6 heteroatoms. The quantitative estimate of drug-likeness (QED) is 0.765. The van der Waals surface area contributed by atoms with Gasteiger partial charge in [-0.1, -0.05) is 40.4 Å². The van der Waals surface area contributed by atoms with Crippen LogP contribution in [0.15, 0.2) is 29.2 Å². The minimum atomic E-state index is -3.44. The Kier molecular flexibility index (Phi) is 4.93. The smallest absolute Gasteiger partial charge is 0.207 e. The lowest BCUT2D eigenvalue weighted by Gasteiger charge is -2.34. The van der Waals surface area contributed by atoms with Crippen LogP contribution in [0.3, 0.4) is 0 Å². The highest BCUT2D eigenvalue weighted by atomic mass is 79.9. The molecule has 1 aromatic rings. The van der Waals surface area contributed by atoms with Crippen molar-refractivity contribution in [2.24, 2.45) is 0 Å². The molecule has 0 saturated heterocycles. The molecule has 0 bridgehead atoms. The summed E-state index contributed by atoms with van der Waals surface area (Å²) in [6, 6.07) is 6.35. The van der Waals surface area contributed by atoms with Gasteiger partial charge in [0, 0.05) is 22.9 Å². The van der Waals surface area contributed by atoms with E-state index in [0.29, 0.717) is 9.92 Å². The molecular weight excluding hydrogens is 350 g/mol. The van der Waals surface area contributed by atoms with Crippen LogP contribution in [-0.4, -0.2) is 30.6 Å². The van der Waals surface area contributed by atoms with Crippen LogP contribution in [0.2, 0.25) is 5.02 Å². The molecule has 1 aromatic carbocycles. The summed E-state index contributed by atoms with van der Waals surface area (Å²) in [5.41, 5.74) is 0. The van der Waals surface area contributed by atoms with Crippen LogP contribution in [-0.2, 0) is 10.0 Å². The average Bonchev–Trinajstić information content (AvgIpc) is 2.39. The van der Waals surface area contributed by atoms with Crippen LogP contribution in [0.4, 0.5) is 0 Å². The molecule has 0 aromatic heterocycles. The monoisotopic (exact) mass is 365 g/mol. The summed E-state index contributed by atoms with van der Waals surface area (Å²) in [5.74, 6) is 0. The van der Waals surface area contributed by atoms with E-state index in [2.05, 4.69) is 15.9 Å². The Morgan fingerprint density at radius 1 is 1.21 bits per heavy atom. The molecular formula is C13H17BrClNO2S. The summed E-state index contributed by atoms with van der Waals surface area (Å²) in [4.78, 5) is 0.526. The first kappa shape index (κ1) is 15.3. The molecule has 0 radical (unpaired) electrons. The maximum Gasteiger partial charge on any atom is 0.243 e. The van der Waals surface area contributed by atoms with Crippen LogP contribution in [0.5, 0.6) is 0 Å². The van der Waals surface area contributed by atoms with E-state index in [4.69, 9.17) is 11.6 Å². The van der Waals surface area contributed by atoms with Crippen LogP contribution < -0.4 is 0 Å². The van der Waals surface area contributed by atoms with Gasteiger partial charge in [-0.3, -0.25) is 0 Å². The van der Waals surface area contributed by atoms with Gasteiger partial charge in [-0.25, -0.2) is 8.42 Å². The lowest BCUT2D eigenvalue weighted by atomic mass is 9.96. The minimum Gasteiger partial charge on any atom is -0.207 e. The van der Waals surface area contributed by atoms with Gasteiger partial charge in [-0.15, -0.1) is 0 Å². The highest BCUT2D eigenvalue weighted by molar-refractivity contribution is 9.09. The molecule has 2 rings (SSSR count). The molecule has 1 aliphatic carbocycles. The number of sulfonamides is 1. The first-order valence-corrected chi connectivity index (χ1v) is 9.04. The molecule has 2 unspecified atom stereocenters. The standard InChI is InChI=1S/C13H17BrClNO2S/c1-16(13-5-3-2-4-12(13)14)19(17,18)11-8-6-10(15)7-9-11/h6-9,12-13H,2-5H2,1H3. The van der Waals surface area contributed by atoms with Crippen molar-refractivity contribution in [3.63, 3.8) is 0 Å². The Labute approximate surface area is 128 Å². The first-order valence-electron chi connectivity index (χ1n) is 6.30. The normalized spacial score (nSPS) is 24.6. The predicted octanol–water partition coefficient (Wildman–Crippen LogP) is 3.67. The Balaban J connectivity index is 2.25. The summed E-state index contributed by atoms with van der Waals surface area (Å²) in [5, 5.41) is 0.539. The number of hydrogen-bond donors (Lipinski definition) is 0. The maximum atomic E-state index is 12.6. The van der Waals surface area contributed by atoms with Gasteiger partial charge in [-0.2, -0.15) is 4.31 Å². The molecule has 0 heterocycles. The zero-order chi connectivity index (χ0) is 14.0. The summed E-state index contributed by atoms with van der Waals surface area (Å²) in [7, 11) is -1.78. The van der Waals surface area contributed by atoms with E-state index in [-0.39, 0.29) is 10.9 Å². The molecule has 0 spiro atoms. The third-order valence-corrected chi connectivity index (χ3v) is 6.82. The first-order chi connectivity index (χ1) is 8.93. The van der Waals surface area contributed by atoms with Crippen molar-refractivity contribution in [2.75, 3.05) is 7.05 Å².